The third-order valence-corrected chi connectivity index (χ3v) is 2.91. The first kappa shape index (κ1) is 12.8. The Morgan fingerprint density at radius 2 is 1.67 bits per heavy atom. The fraction of sp³-hybridized carbons (Fsp3) is 0.133. The van der Waals surface area contributed by atoms with Crippen LogP contribution in [-0.2, 0) is 11.3 Å². The summed E-state index contributed by atoms with van der Waals surface area (Å²) in [6.07, 6.45) is 0. The van der Waals surface area contributed by atoms with E-state index in [1.54, 1.807) is 18.2 Å². The van der Waals surface area contributed by atoms with Crippen molar-refractivity contribution in [2.24, 2.45) is 0 Å². The lowest BCUT2D eigenvalue weighted by Gasteiger charge is -2.05. The van der Waals surface area contributed by atoms with Gasteiger partial charge in [-0.3, -0.25) is 4.79 Å². The van der Waals surface area contributed by atoms with Gasteiger partial charge in [-0.15, -0.1) is 0 Å². The Kier molecular flexibility index (Phi) is 4.51. The van der Waals surface area contributed by atoms with E-state index in [9.17, 15) is 4.79 Å². The fourth-order valence-corrected chi connectivity index (χ4v) is 1.77. The SMILES string of the molecule is O=C(COCc1ccccc1Cl)c1ccccc1. The summed E-state index contributed by atoms with van der Waals surface area (Å²) in [5.74, 6) is -0.0253. The molecule has 92 valence electrons. The van der Waals surface area contributed by atoms with Crippen LogP contribution in [0, 0.1) is 0 Å². The third kappa shape index (κ3) is 3.42. The Hall–Kier alpha value is -1.64. The molecule has 0 radical (unpaired) electrons. The Labute approximate surface area is 111 Å². The molecule has 0 saturated heterocycles. The van der Waals surface area contributed by atoms with Gasteiger partial charge in [0.25, 0.3) is 0 Å². The average molecular weight is 261 g/mol. The Morgan fingerprint density at radius 1 is 1.00 bits per heavy atom. The van der Waals surface area contributed by atoms with Crippen LogP contribution in [0.2, 0.25) is 5.02 Å². The number of hydrogen-bond donors (Lipinski definition) is 0. The Balaban J connectivity index is 1.86. The molecule has 0 heterocycles. The molecule has 0 aliphatic rings. The maximum absolute atomic E-state index is 11.8. The van der Waals surface area contributed by atoms with E-state index in [0.29, 0.717) is 17.2 Å². The molecular weight excluding hydrogens is 248 g/mol. The number of hydrogen-bond acceptors (Lipinski definition) is 2. The molecule has 2 nitrogen and oxygen atoms in total. The number of carbonyl (C=O) groups excluding carboxylic acids is 1. The molecule has 18 heavy (non-hydrogen) atoms. The molecule has 0 atom stereocenters. The van der Waals surface area contributed by atoms with E-state index in [0.717, 1.165) is 5.56 Å². The van der Waals surface area contributed by atoms with Gasteiger partial charge in [-0.2, -0.15) is 0 Å². The van der Waals surface area contributed by atoms with Gasteiger partial charge in [0.1, 0.15) is 6.61 Å². The van der Waals surface area contributed by atoms with Gasteiger partial charge in [-0.1, -0.05) is 60.1 Å². The number of Topliss-reactive ketones (excluding diaryl/α,β-unsaturated/α-hetero) is 1. The molecule has 0 amide bonds. The van der Waals surface area contributed by atoms with Crippen molar-refractivity contribution in [1.82, 2.24) is 0 Å². The van der Waals surface area contributed by atoms with Gasteiger partial charge in [-0.25, -0.2) is 0 Å². The van der Waals surface area contributed by atoms with E-state index in [-0.39, 0.29) is 12.4 Å². The highest BCUT2D eigenvalue weighted by Crippen LogP contribution is 2.15. The van der Waals surface area contributed by atoms with Gasteiger partial charge in [0.2, 0.25) is 0 Å². The monoisotopic (exact) mass is 260 g/mol. The van der Waals surface area contributed by atoms with Crippen molar-refractivity contribution in [2.45, 2.75) is 6.61 Å². The van der Waals surface area contributed by atoms with Crippen molar-refractivity contribution < 1.29 is 9.53 Å². The molecule has 0 unspecified atom stereocenters. The topological polar surface area (TPSA) is 26.3 Å². The molecule has 2 aromatic rings. The van der Waals surface area contributed by atoms with Crippen LogP contribution in [0.1, 0.15) is 15.9 Å². The van der Waals surface area contributed by atoms with Crippen molar-refractivity contribution in [3.05, 3.63) is 70.7 Å². The first-order valence-electron chi connectivity index (χ1n) is 5.67. The van der Waals surface area contributed by atoms with Crippen LogP contribution in [0.4, 0.5) is 0 Å². The second-order valence-corrected chi connectivity index (χ2v) is 4.28. The van der Waals surface area contributed by atoms with Crippen molar-refractivity contribution >= 4 is 17.4 Å². The lowest BCUT2D eigenvalue weighted by Crippen LogP contribution is -2.09. The van der Waals surface area contributed by atoms with Crippen LogP contribution < -0.4 is 0 Å². The summed E-state index contributed by atoms with van der Waals surface area (Å²) in [4.78, 5) is 11.8. The second kappa shape index (κ2) is 6.34. The smallest absolute Gasteiger partial charge is 0.188 e. The lowest BCUT2D eigenvalue weighted by molar-refractivity contribution is 0.0726. The molecule has 0 aliphatic carbocycles. The summed E-state index contributed by atoms with van der Waals surface area (Å²) in [6, 6.07) is 16.5. The zero-order chi connectivity index (χ0) is 12.8. The molecule has 0 saturated carbocycles. The molecule has 2 rings (SSSR count). The fourth-order valence-electron chi connectivity index (χ4n) is 1.58. The van der Waals surface area contributed by atoms with E-state index in [4.69, 9.17) is 16.3 Å². The summed E-state index contributed by atoms with van der Waals surface area (Å²) in [5.41, 5.74) is 1.55. The predicted molar refractivity (Wildman–Crippen MR) is 71.9 cm³/mol. The molecule has 0 spiro atoms. The highest BCUT2D eigenvalue weighted by Gasteiger charge is 2.05. The van der Waals surface area contributed by atoms with E-state index in [1.807, 2.05) is 36.4 Å². The third-order valence-electron chi connectivity index (χ3n) is 2.54. The number of ketones is 1. The summed E-state index contributed by atoms with van der Waals surface area (Å²) in [7, 11) is 0. The minimum Gasteiger partial charge on any atom is -0.369 e. The summed E-state index contributed by atoms with van der Waals surface area (Å²) >= 11 is 5.99. The lowest BCUT2D eigenvalue weighted by atomic mass is 10.1. The molecule has 0 aromatic heterocycles. The standard InChI is InChI=1S/C15H13ClO2/c16-14-9-5-4-8-13(14)10-18-11-15(17)12-6-2-1-3-7-12/h1-9H,10-11H2. The Bertz CT molecular complexity index is 523. The van der Waals surface area contributed by atoms with Crippen molar-refractivity contribution in [3.8, 4) is 0 Å². The number of rotatable bonds is 5. The van der Waals surface area contributed by atoms with Gasteiger partial charge in [0.15, 0.2) is 5.78 Å². The minimum atomic E-state index is -0.0253. The molecule has 0 N–H and O–H groups in total. The highest BCUT2D eigenvalue weighted by atomic mass is 35.5. The zero-order valence-electron chi connectivity index (χ0n) is 9.80. The molecule has 0 fully saturated rings. The number of ether oxygens (including phenoxy) is 1. The number of carbonyl (C=O) groups is 1. The van der Waals surface area contributed by atoms with Crippen molar-refractivity contribution in [1.29, 1.82) is 0 Å². The predicted octanol–water partition coefficient (Wildman–Crippen LogP) is 3.74. The van der Waals surface area contributed by atoms with Crippen molar-refractivity contribution in [3.63, 3.8) is 0 Å². The van der Waals surface area contributed by atoms with E-state index in [1.165, 1.54) is 0 Å². The average Bonchev–Trinajstić information content (AvgIpc) is 2.42. The van der Waals surface area contributed by atoms with E-state index >= 15 is 0 Å². The first-order chi connectivity index (χ1) is 8.77. The van der Waals surface area contributed by atoms with Gasteiger partial charge >= 0.3 is 0 Å². The molecule has 2 aromatic carbocycles. The summed E-state index contributed by atoms with van der Waals surface area (Å²) in [6.45, 7) is 0.410. The van der Waals surface area contributed by atoms with Crippen LogP contribution in [0.3, 0.4) is 0 Å². The highest BCUT2D eigenvalue weighted by molar-refractivity contribution is 6.31. The van der Waals surface area contributed by atoms with E-state index in [2.05, 4.69) is 0 Å². The van der Waals surface area contributed by atoms with Crippen LogP contribution in [0.5, 0.6) is 0 Å². The summed E-state index contributed by atoms with van der Waals surface area (Å²) < 4.78 is 5.38. The quantitative estimate of drug-likeness (QED) is 0.766. The number of halogens is 1. The van der Waals surface area contributed by atoms with Crippen LogP contribution >= 0.6 is 11.6 Å². The van der Waals surface area contributed by atoms with Gasteiger partial charge in [0, 0.05) is 10.6 Å². The number of benzene rings is 2. The van der Waals surface area contributed by atoms with Crippen LogP contribution in [0.15, 0.2) is 54.6 Å². The van der Waals surface area contributed by atoms with Gasteiger partial charge < -0.3 is 4.74 Å². The molecular formula is C15H13ClO2. The largest absolute Gasteiger partial charge is 0.369 e. The minimum absolute atomic E-state index is 0.0253. The summed E-state index contributed by atoms with van der Waals surface area (Å²) in [5, 5.41) is 0.657. The zero-order valence-corrected chi connectivity index (χ0v) is 10.6. The van der Waals surface area contributed by atoms with Crippen LogP contribution in [-0.4, -0.2) is 12.4 Å². The van der Waals surface area contributed by atoms with Gasteiger partial charge in [0.05, 0.1) is 6.61 Å². The maximum atomic E-state index is 11.8. The second-order valence-electron chi connectivity index (χ2n) is 3.87. The van der Waals surface area contributed by atoms with Crippen LogP contribution in [0.25, 0.3) is 0 Å². The van der Waals surface area contributed by atoms with Gasteiger partial charge in [-0.05, 0) is 11.6 Å². The normalized spacial score (nSPS) is 10.3. The molecule has 3 heteroatoms. The molecule has 0 bridgehead atoms. The maximum Gasteiger partial charge on any atom is 0.188 e. The molecule has 0 aliphatic heterocycles. The Morgan fingerprint density at radius 3 is 2.39 bits per heavy atom. The van der Waals surface area contributed by atoms with E-state index < -0.39 is 0 Å². The first-order valence-corrected chi connectivity index (χ1v) is 6.04. The van der Waals surface area contributed by atoms with Crippen molar-refractivity contribution in [2.75, 3.05) is 6.61 Å².